The van der Waals surface area contributed by atoms with Crippen LogP contribution in [0.3, 0.4) is 0 Å². The van der Waals surface area contributed by atoms with E-state index in [1.165, 1.54) is 6.42 Å². The minimum Gasteiger partial charge on any atom is -0.370 e. The van der Waals surface area contributed by atoms with Gasteiger partial charge in [0.05, 0.1) is 0 Å². The molecular weight excluding hydrogens is 238 g/mol. The second-order valence-corrected chi connectivity index (χ2v) is 5.89. The Balaban J connectivity index is 1.99. The highest BCUT2D eigenvalue weighted by Gasteiger charge is 2.24. The molecule has 0 amide bonds. The van der Waals surface area contributed by atoms with Crippen LogP contribution in [0.5, 0.6) is 0 Å². The lowest BCUT2D eigenvalue weighted by molar-refractivity contribution is 0.315. The number of hydrogen-bond donors (Lipinski definition) is 1. The standard InChI is InChI=1S/C14H25N5/c1-11(2)8-15-13-7-14(17-10-16-13)19-6-5-12(9-19)18(3)4/h7,10-12H,5-6,8-9H2,1-4H3,(H,15,16,17). The molecule has 0 spiro atoms. The molecule has 2 rings (SSSR count). The fraction of sp³-hybridized carbons (Fsp3) is 0.714. The number of nitrogens with zero attached hydrogens (tertiary/aromatic N) is 4. The van der Waals surface area contributed by atoms with E-state index in [1.807, 2.05) is 0 Å². The molecule has 1 aliphatic heterocycles. The highest BCUT2D eigenvalue weighted by molar-refractivity contribution is 5.49. The minimum absolute atomic E-state index is 0.614. The van der Waals surface area contributed by atoms with Gasteiger partial charge in [0.1, 0.15) is 18.0 Å². The van der Waals surface area contributed by atoms with Crippen molar-refractivity contribution in [3.63, 3.8) is 0 Å². The van der Waals surface area contributed by atoms with Crippen LogP contribution in [0.1, 0.15) is 20.3 Å². The van der Waals surface area contributed by atoms with E-state index in [4.69, 9.17) is 0 Å². The van der Waals surface area contributed by atoms with Gasteiger partial charge in [-0.3, -0.25) is 0 Å². The summed E-state index contributed by atoms with van der Waals surface area (Å²) in [4.78, 5) is 13.3. The molecule has 1 unspecified atom stereocenters. The molecule has 5 nitrogen and oxygen atoms in total. The van der Waals surface area contributed by atoms with E-state index in [-0.39, 0.29) is 0 Å². The first kappa shape index (κ1) is 14.1. The van der Waals surface area contributed by atoms with E-state index in [2.05, 4.69) is 59.1 Å². The Bertz CT molecular complexity index is 405. The molecule has 0 saturated carbocycles. The average molecular weight is 263 g/mol. The maximum atomic E-state index is 4.40. The average Bonchev–Trinajstić information content (AvgIpc) is 2.86. The predicted octanol–water partition coefficient (Wildman–Crippen LogP) is 1.68. The van der Waals surface area contributed by atoms with Gasteiger partial charge in [-0.25, -0.2) is 9.97 Å². The topological polar surface area (TPSA) is 44.3 Å². The van der Waals surface area contributed by atoms with Crippen LogP contribution in [-0.2, 0) is 0 Å². The van der Waals surface area contributed by atoms with Crippen molar-refractivity contribution in [3.05, 3.63) is 12.4 Å². The SMILES string of the molecule is CC(C)CNc1cc(N2CCC(N(C)C)C2)ncn1. The van der Waals surface area contributed by atoms with Gasteiger partial charge in [-0.15, -0.1) is 0 Å². The molecule has 19 heavy (non-hydrogen) atoms. The summed E-state index contributed by atoms with van der Waals surface area (Å²) < 4.78 is 0. The van der Waals surface area contributed by atoms with Crippen molar-refractivity contribution in [3.8, 4) is 0 Å². The molecule has 0 radical (unpaired) electrons. The van der Waals surface area contributed by atoms with E-state index in [9.17, 15) is 0 Å². The molecule has 1 atom stereocenters. The summed E-state index contributed by atoms with van der Waals surface area (Å²) in [5.41, 5.74) is 0. The van der Waals surface area contributed by atoms with E-state index in [0.717, 1.165) is 31.3 Å². The highest BCUT2D eigenvalue weighted by atomic mass is 15.3. The molecule has 0 aliphatic carbocycles. The van der Waals surface area contributed by atoms with Crippen molar-refractivity contribution in [2.24, 2.45) is 5.92 Å². The van der Waals surface area contributed by atoms with Crippen LogP contribution in [0.2, 0.25) is 0 Å². The number of likely N-dealkylation sites (N-methyl/N-ethyl adjacent to an activating group) is 1. The van der Waals surface area contributed by atoms with Gasteiger partial charge in [0.25, 0.3) is 0 Å². The Hall–Kier alpha value is -1.36. The maximum absolute atomic E-state index is 4.40. The lowest BCUT2D eigenvalue weighted by atomic mass is 10.2. The molecule has 0 aromatic carbocycles. The molecule has 1 aromatic rings. The summed E-state index contributed by atoms with van der Waals surface area (Å²) >= 11 is 0. The van der Waals surface area contributed by atoms with E-state index in [0.29, 0.717) is 12.0 Å². The lowest BCUT2D eigenvalue weighted by Gasteiger charge is -2.21. The zero-order valence-electron chi connectivity index (χ0n) is 12.4. The van der Waals surface area contributed by atoms with Gasteiger partial charge in [-0.1, -0.05) is 13.8 Å². The summed E-state index contributed by atoms with van der Waals surface area (Å²) in [5, 5.41) is 3.35. The van der Waals surface area contributed by atoms with Crippen molar-refractivity contribution in [2.75, 3.05) is 43.9 Å². The molecule has 1 fully saturated rings. The normalized spacial score (nSPS) is 19.5. The number of aromatic nitrogens is 2. The summed E-state index contributed by atoms with van der Waals surface area (Å²) in [6, 6.07) is 2.68. The smallest absolute Gasteiger partial charge is 0.134 e. The Morgan fingerprint density at radius 3 is 2.84 bits per heavy atom. The number of rotatable bonds is 5. The molecule has 1 aromatic heterocycles. The first-order chi connectivity index (χ1) is 9.06. The van der Waals surface area contributed by atoms with Crippen molar-refractivity contribution in [1.29, 1.82) is 0 Å². The molecule has 5 heteroatoms. The van der Waals surface area contributed by atoms with Gasteiger partial charge in [0, 0.05) is 31.7 Å². The quantitative estimate of drug-likeness (QED) is 0.875. The Morgan fingerprint density at radius 1 is 1.42 bits per heavy atom. The molecular formula is C14H25N5. The first-order valence-corrected chi connectivity index (χ1v) is 7.03. The summed E-state index contributed by atoms with van der Waals surface area (Å²) in [7, 11) is 4.29. The fourth-order valence-corrected chi connectivity index (χ4v) is 2.30. The Kier molecular flexibility index (Phi) is 4.58. The Labute approximate surface area is 116 Å². The fourth-order valence-electron chi connectivity index (χ4n) is 2.30. The molecule has 1 saturated heterocycles. The van der Waals surface area contributed by atoms with Crippen LogP contribution in [0.25, 0.3) is 0 Å². The van der Waals surface area contributed by atoms with Crippen LogP contribution in [-0.4, -0.2) is 54.6 Å². The number of anilines is 2. The predicted molar refractivity (Wildman–Crippen MR) is 79.7 cm³/mol. The number of hydrogen-bond acceptors (Lipinski definition) is 5. The van der Waals surface area contributed by atoms with E-state index < -0.39 is 0 Å². The van der Waals surface area contributed by atoms with Gasteiger partial charge in [-0.05, 0) is 26.4 Å². The van der Waals surface area contributed by atoms with Crippen molar-refractivity contribution >= 4 is 11.6 Å². The van der Waals surface area contributed by atoms with Crippen LogP contribution in [0.4, 0.5) is 11.6 Å². The van der Waals surface area contributed by atoms with Crippen LogP contribution in [0, 0.1) is 5.92 Å². The van der Waals surface area contributed by atoms with Crippen LogP contribution >= 0.6 is 0 Å². The van der Waals surface area contributed by atoms with Crippen LogP contribution in [0.15, 0.2) is 12.4 Å². The molecule has 0 bridgehead atoms. The second kappa shape index (κ2) is 6.19. The third-order valence-electron chi connectivity index (χ3n) is 3.56. The highest BCUT2D eigenvalue weighted by Crippen LogP contribution is 2.21. The zero-order chi connectivity index (χ0) is 13.8. The van der Waals surface area contributed by atoms with Gasteiger partial charge < -0.3 is 15.1 Å². The van der Waals surface area contributed by atoms with Gasteiger partial charge in [-0.2, -0.15) is 0 Å². The lowest BCUT2D eigenvalue weighted by Crippen LogP contribution is -2.31. The van der Waals surface area contributed by atoms with Crippen LogP contribution < -0.4 is 10.2 Å². The molecule has 1 aliphatic rings. The van der Waals surface area contributed by atoms with Gasteiger partial charge >= 0.3 is 0 Å². The summed E-state index contributed by atoms with van der Waals surface area (Å²) in [6.07, 6.45) is 2.85. The zero-order valence-corrected chi connectivity index (χ0v) is 12.4. The third kappa shape index (κ3) is 3.80. The summed E-state index contributed by atoms with van der Waals surface area (Å²) in [6.45, 7) is 7.45. The van der Waals surface area contributed by atoms with E-state index >= 15 is 0 Å². The number of nitrogens with one attached hydrogen (secondary N) is 1. The monoisotopic (exact) mass is 263 g/mol. The van der Waals surface area contributed by atoms with Gasteiger partial charge in [0.2, 0.25) is 0 Å². The van der Waals surface area contributed by atoms with E-state index in [1.54, 1.807) is 6.33 Å². The first-order valence-electron chi connectivity index (χ1n) is 7.03. The van der Waals surface area contributed by atoms with Crippen molar-refractivity contribution in [2.45, 2.75) is 26.3 Å². The van der Waals surface area contributed by atoms with Crippen molar-refractivity contribution < 1.29 is 0 Å². The van der Waals surface area contributed by atoms with Crippen molar-refractivity contribution in [1.82, 2.24) is 14.9 Å². The molecule has 106 valence electrons. The Morgan fingerprint density at radius 2 is 2.21 bits per heavy atom. The summed E-state index contributed by atoms with van der Waals surface area (Å²) in [5.74, 6) is 2.57. The maximum Gasteiger partial charge on any atom is 0.134 e. The third-order valence-corrected chi connectivity index (χ3v) is 3.56. The minimum atomic E-state index is 0.614. The largest absolute Gasteiger partial charge is 0.370 e. The molecule has 2 heterocycles. The second-order valence-electron chi connectivity index (χ2n) is 5.89. The van der Waals surface area contributed by atoms with Gasteiger partial charge in [0.15, 0.2) is 0 Å². The molecule has 1 N–H and O–H groups in total.